The predicted molar refractivity (Wildman–Crippen MR) is 79.1 cm³/mol. The fourth-order valence-corrected chi connectivity index (χ4v) is 3.25. The molecule has 0 spiro atoms. The van der Waals surface area contributed by atoms with E-state index < -0.39 is 10.0 Å². The summed E-state index contributed by atoms with van der Waals surface area (Å²) in [4.78, 5) is 0.276. The van der Waals surface area contributed by atoms with Gasteiger partial charge in [-0.1, -0.05) is 18.5 Å². The van der Waals surface area contributed by atoms with Gasteiger partial charge in [-0.25, -0.2) is 12.7 Å². The molecule has 0 saturated carbocycles. The van der Waals surface area contributed by atoms with Crippen LogP contribution in [-0.2, 0) is 16.6 Å². The SMILES string of the molecule is CCCNCc1cc(Cl)cc(S(=O)(=O)N(C)C)c1C. The number of hydrogen-bond acceptors (Lipinski definition) is 3. The number of nitrogens with one attached hydrogen (secondary N) is 1. The van der Waals surface area contributed by atoms with Crippen LogP contribution in [0.1, 0.15) is 24.5 Å². The van der Waals surface area contributed by atoms with Crippen LogP contribution in [0.4, 0.5) is 0 Å². The van der Waals surface area contributed by atoms with Crippen LogP contribution in [0.5, 0.6) is 0 Å². The Labute approximate surface area is 120 Å². The summed E-state index contributed by atoms with van der Waals surface area (Å²) < 4.78 is 25.7. The molecule has 1 aromatic rings. The normalized spacial score (nSPS) is 12.1. The third-order valence-electron chi connectivity index (χ3n) is 2.93. The van der Waals surface area contributed by atoms with Crippen LogP contribution in [0.2, 0.25) is 5.02 Å². The first-order chi connectivity index (χ1) is 8.80. The van der Waals surface area contributed by atoms with Gasteiger partial charge in [0.15, 0.2) is 0 Å². The number of hydrogen-bond donors (Lipinski definition) is 1. The van der Waals surface area contributed by atoms with Crippen molar-refractivity contribution in [3.8, 4) is 0 Å². The summed E-state index contributed by atoms with van der Waals surface area (Å²) in [6.07, 6.45) is 1.03. The van der Waals surface area contributed by atoms with Crippen molar-refractivity contribution in [3.63, 3.8) is 0 Å². The first-order valence-corrected chi connectivity index (χ1v) is 8.04. The van der Waals surface area contributed by atoms with Crippen molar-refractivity contribution in [1.82, 2.24) is 9.62 Å². The third kappa shape index (κ3) is 3.92. The summed E-state index contributed by atoms with van der Waals surface area (Å²) in [5.74, 6) is 0. The van der Waals surface area contributed by atoms with Gasteiger partial charge in [-0.2, -0.15) is 0 Å². The maximum Gasteiger partial charge on any atom is 0.242 e. The van der Waals surface area contributed by atoms with E-state index in [4.69, 9.17) is 11.6 Å². The standard InChI is InChI=1S/C13H21ClN2O2S/c1-5-6-15-9-11-7-12(14)8-13(10(11)2)19(17,18)16(3)4/h7-8,15H,5-6,9H2,1-4H3. The summed E-state index contributed by atoms with van der Waals surface area (Å²) in [5.41, 5.74) is 1.67. The Morgan fingerprint density at radius 3 is 2.47 bits per heavy atom. The van der Waals surface area contributed by atoms with E-state index in [2.05, 4.69) is 12.2 Å². The van der Waals surface area contributed by atoms with Crippen LogP contribution in [0.3, 0.4) is 0 Å². The minimum Gasteiger partial charge on any atom is -0.313 e. The van der Waals surface area contributed by atoms with E-state index in [0.29, 0.717) is 11.6 Å². The lowest BCUT2D eigenvalue weighted by Gasteiger charge is -2.17. The number of nitrogens with zero attached hydrogens (tertiary/aromatic N) is 1. The van der Waals surface area contributed by atoms with Gasteiger partial charge in [-0.05, 0) is 43.1 Å². The largest absolute Gasteiger partial charge is 0.313 e. The summed E-state index contributed by atoms with van der Waals surface area (Å²) in [6, 6.07) is 3.32. The van der Waals surface area contributed by atoms with E-state index in [1.165, 1.54) is 24.5 Å². The van der Waals surface area contributed by atoms with Crippen molar-refractivity contribution in [1.29, 1.82) is 0 Å². The molecule has 0 aliphatic carbocycles. The molecule has 1 aromatic carbocycles. The molecular weight excluding hydrogens is 284 g/mol. The number of rotatable bonds is 6. The van der Waals surface area contributed by atoms with Crippen molar-refractivity contribution < 1.29 is 8.42 Å². The highest BCUT2D eigenvalue weighted by Gasteiger charge is 2.21. The van der Waals surface area contributed by atoms with E-state index in [9.17, 15) is 8.42 Å². The molecule has 1 N–H and O–H groups in total. The second-order valence-corrected chi connectivity index (χ2v) is 7.21. The first-order valence-electron chi connectivity index (χ1n) is 6.23. The van der Waals surface area contributed by atoms with Crippen molar-refractivity contribution in [2.45, 2.75) is 31.7 Å². The maximum absolute atomic E-state index is 12.2. The van der Waals surface area contributed by atoms with E-state index in [0.717, 1.165) is 24.1 Å². The molecule has 0 amide bonds. The summed E-state index contributed by atoms with van der Waals surface area (Å²) >= 11 is 6.03. The summed E-state index contributed by atoms with van der Waals surface area (Å²) in [5, 5.41) is 3.70. The Hall–Kier alpha value is -0.620. The zero-order valence-electron chi connectivity index (χ0n) is 11.8. The van der Waals surface area contributed by atoms with Gasteiger partial charge in [0.05, 0.1) is 4.90 Å². The molecule has 4 nitrogen and oxygen atoms in total. The topological polar surface area (TPSA) is 49.4 Å². The van der Waals surface area contributed by atoms with Crippen LogP contribution in [-0.4, -0.2) is 33.4 Å². The summed E-state index contributed by atoms with van der Waals surface area (Å²) in [6.45, 7) is 5.41. The van der Waals surface area contributed by atoms with Crippen molar-refractivity contribution >= 4 is 21.6 Å². The van der Waals surface area contributed by atoms with Crippen LogP contribution >= 0.6 is 11.6 Å². The monoisotopic (exact) mass is 304 g/mol. The third-order valence-corrected chi connectivity index (χ3v) is 5.09. The smallest absolute Gasteiger partial charge is 0.242 e. The highest BCUT2D eigenvalue weighted by molar-refractivity contribution is 7.89. The van der Waals surface area contributed by atoms with Crippen molar-refractivity contribution in [2.24, 2.45) is 0 Å². The molecule has 19 heavy (non-hydrogen) atoms. The Morgan fingerprint density at radius 1 is 1.32 bits per heavy atom. The van der Waals surface area contributed by atoms with E-state index in [1.807, 2.05) is 13.0 Å². The van der Waals surface area contributed by atoms with E-state index in [-0.39, 0.29) is 4.90 Å². The molecule has 0 radical (unpaired) electrons. The van der Waals surface area contributed by atoms with Gasteiger partial charge >= 0.3 is 0 Å². The van der Waals surface area contributed by atoms with Crippen LogP contribution in [0.25, 0.3) is 0 Å². The molecule has 0 aliphatic rings. The van der Waals surface area contributed by atoms with Gasteiger partial charge in [-0.3, -0.25) is 0 Å². The quantitative estimate of drug-likeness (QED) is 0.821. The molecule has 0 fully saturated rings. The van der Waals surface area contributed by atoms with Gasteiger partial charge in [0, 0.05) is 25.7 Å². The van der Waals surface area contributed by atoms with Gasteiger partial charge in [0.1, 0.15) is 0 Å². The Morgan fingerprint density at radius 2 is 1.95 bits per heavy atom. The van der Waals surface area contributed by atoms with Gasteiger partial charge in [0.25, 0.3) is 0 Å². The van der Waals surface area contributed by atoms with Gasteiger partial charge in [-0.15, -0.1) is 0 Å². The fourth-order valence-electron chi connectivity index (χ4n) is 1.76. The Bertz CT molecular complexity index is 542. The first kappa shape index (κ1) is 16.4. The van der Waals surface area contributed by atoms with Gasteiger partial charge in [0.2, 0.25) is 10.0 Å². The molecule has 0 aromatic heterocycles. The van der Waals surface area contributed by atoms with Gasteiger partial charge < -0.3 is 5.32 Å². The van der Waals surface area contributed by atoms with Crippen LogP contribution in [0, 0.1) is 6.92 Å². The molecular formula is C13H21ClN2O2S. The second-order valence-electron chi connectivity index (χ2n) is 4.65. The average molecular weight is 305 g/mol. The molecule has 108 valence electrons. The predicted octanol–water partition coefficient (Wildman–Crippen LogP) is 2.40. The molecule has 0 heterocycles. The summed E-state index contributed by atoms with van der Waals surface area (Å²) in [7, 11) is -0.425. The molecule has 0 bridgehead atoms. The fraction of sp³-hybridized carbons (Fsp3) is 0.538. The Kier molecular flexibility index (Phi) is 5.80. The molecule has 0 atom stereocenters. The maximum atomic E-state index is 12.2. The highest BCUT2D eigenvalue weighted by atomic mass is 35.5. The molecule has 6 heteroatoms. The molecule has 0 unspecified atom stereocenters. The molecule has 0 aliphatic heterocycles. The van der Waals surface area contributed by atoms with E-state index >= 15 is 0 Å². The van der Waals surface area contributed by atoms with Crippen LogP contribution in [0.15, 0.2) is 17.0 Å². The van der Waals surface area contributed by atoms with E-state index in [1.54, 1.807) is 0 Å². The van der Waals surface area contributed by atoms with Crippen molar-refractivity contribution in [3.05, 3.63) is 28.3 Å². The molecule has 0 saturated heterocycles. The van der Waals surface area contributed by atoms with Crippen molar-refractivity contribution in [2.75, 3.05) is 20.6 Å². The number of benzene rings is 1. The molecule has 1 rings (SSSR count). The lowest BCUT2D eigenvalue weighted by molar-refractivity contribution is 0.520. The van der Waals surface area contributed by atoms with Crippen LogP contribution < -0.4 is 5.32 Å². The highest BCUT2D eigenvalue weighted by Crippen LogP contribution is 2.26. The second kappa shape index (κ2) is 6.70. The minimum absolute atomic E-state index is 0.276. The zero-order chi connectivity index (χ0) is 14.6. The lowest BCUT2D eigenvalue weighted by atomic mass is 10.1. The number of sulfonamides is 1. The lowest BCUT2D eigenvalue weighted by Crippen LogP contribution is -2.24. The Balaban J connectivity index is 3.21. The zero-order valence-corrected chi connectivity index (χ0v) is 13.4. The minimum atomic E-state index is -3.46. The number of halogens is 1. The average Bonchev–Trinajstić information content (AvgIpc) is 2.33.